The van der Waals surface area contributed by atoms with Gasteiger partial charge in [0.1, 0.15) is 0 Å². The van der Waals surface area contributed by atoms with Gasteiger partial charge in [0.25, 0.3) is 0 Å². The zero-order valence-electron chi connectivity index (χ0n) is 14.3. The lowest BCUT2D eigenvalue weighted by Gasteiger charge is -2.26. The lowest BCUT2D eigenvalue weighted by Crippen LogP contribution is -2.25. The number of amides is 1. The van der Waals surface area contributed by atoms with Gasteiger partial charge in [-0.3, -0.25) is 4.79 Å². The molecule has 2 aromatic carbocycles. The van der Waals surface area contributed by atoms with E-state index in [4.69, 9.17) is 15.2 Å². The van der Waals surface area contributed by atoms with Crippen LogP contribution in [-0.2, 0) is 16.6 Å². The minimum Gasteiger partial charge on any atom is -0.454 e. The molecule has 26 heavy (non-hydrogen) atoms. The molecule has 3 aliphatic rings. The number of hydrogen-bond donors (Lipinski definition) is 2. The molecule has 0 saturated heterocycles. The normalized spacial score (nSPS) is 24.5. The van der Waals surface area contributed by atoms with Crippen molar-refractivity contribution in [2.45, 2.75) is 31.1 Å². The van der Waals surface area contributed by atoms with Crippen molar-refractivity contribution in [3.05, 3.63) is 47.5 Å². The Balaban J connectivity index is 0.00000168. The number of nitrogens with one attached hydrogen (secondary N) is 1. The highest BCUT2D eigenvalue weighted by molar-refractivity contribution is 5.99. The molecule has 5 rings (SSSR count). The third-order valence-corrected chi connectivity index (χ3v) is 5.82. The zero-order valence-corrected chi connectivity index (χ0v) is 15.1. The number of rotatable bonds is 2. The van der Waals surface area contributed by atoms with Crippen molar-refractivity contribution in [2.24, 2.45) is 5.92 Å². The van der Waals surface area contributed by atoms with E-state index in [1.165, 1.54) is 11.1 Å². The average molecular weight is 373 g/mol. The minimum atomic E-state index is 0. The topological polar surface area (TPSA) is 73.6 Å². The maximum atomic E-state index is 12.9. The molecular formula is C20H21ClN2O3. The predicted molar refractivity (Wildman–Crippen MR) is 102 cm³/mol. The summed E-state index contributed by atoms with van der Waals surface area (Å²) < 4.78 is 10.7. The van der Waals surface area contributed by atoms with E-state index in [9.17, 15) is 4.79 Å². The van der Waals surface area contributed by atoms with Crippen LogP contribution in [0.1, 0.15) is 30.4 Å². The molecule has 1 aliphatic heterocycles. The van der Waals surface area contributed by atoms with Crippen molar-refractivity contribution in [3.8, 4) is 11.5 Å². The maximum absolute atomic E-state index is 12.9. The lowest BCUT2D eigenvalue weighted by molar-refractivity contribution is -0.117. The molecule has 136 valence electrons. The number of aryl methyl sites for hydroxylation is 1. The van der Waals surface area contributed by atoms with E-state index in [0.29, 0.717) is 22.9 Å². The Bertz CT molecular complexity index is 885. The molecule has 5 nitrogen and oxygen atoms in total. The second-order valence-corrected chi connectivity index (χ2v) is 7.21. The van der Waals surface area contributed by atoms with Gasteiger partial charge in [-0.05, 0) is 36.8 Å². The molecule has 0 bridgehead atoms. The SMILES string of the molecule is Cl.Nc1cc2c(cc1NC(=O)C1CC13CCCc1ccccc13)OCO2. The molecule has 2 atom stereocenters. The van der Waals surface area contributed by atoms with Crippen molar-refractivity contribution in [3.63, 3.8) is 0 Å². The smallest absolute Gasteiger partial charge is 0.231 e. The fourth-order valence-electron chi connectivity index (χ4n) is 4.46. The first-order valence-electron chi connectivity index (χ1n) is 8.76. The Morgan fingerprint density at radius 2 is 1.96 bits per heavy atom. The van der Waals surface area contributed by atoms with Crippen LogP contribution in [0.15, 0.2) is 36.4 Å². The second-order valence-electron chi connectivity index (χ2n) is 7.21. The highest BCUT2D eigenvalue weighted by atomic mass is 35.5. The minimum absolute atomic E-state index is 0. The zero-order chi connectivity index (χ0) is 17.0. The Labute approximate surface area is 158 Å². The third kappa shape index (κ3) is 2.50. The Morgan fingerprint density at radius 3 is 2.81 bits per heavy atom. The molecule has 6 heteroatoms. The third-order valence-electron chi connectivity index (χ3n) is 5.82. The van der Waals surface area contributed by atoms with Crippen LogP contribution in [-0.4, -0.2) is 12.7 Å². The lowest BCUT2D eigenvalue weighted by atomic mass is 9.78. The van der Waals surface area contributed by atoms with Crippen molar-refractivity contribution in [1.82, 2.24) is 0 Å². The van der Waals surface area contributed by atoms with E-state index in [1.54, 1.807) is 12.1 Å². The largest absolute Gasteiger partial charge is 0.454 e. The Hall–Kier alpha value is -2.40. The summed E-state index contributed by atoms with van der Waals surface area (Å²) in [5.41, 5.74) is 9.93. The van der Waals surface area contributed by atoms with Crippen molar-refractivity contribution >= 4 is 29.7 Å². The number of carbonyl (C=O) groups excluding carboxylic acids is 1. The average Bonchev–Trinajstić information content (AvgIpc) is 3.15. The molecule has 2 aromatic rings. The highest BCUT2D eigenvalue weighted by Crippen LogP contribution is 2.60. The number of ether oxygens (including phenoxy) is 2. The fourth-order valence-corrected chi connectivity index (χ4v) is 4.46. The fraction of sp³-hybridized carbons (Fsp3) is 0.350. The molecule has 1 fully saturated rings. The van der Waals surface area contributed by atoms with E-state index in [0.717, 1.165) is 25.7 Å². The van der Waals surface area contributed by atoms with Gasteiger partial charge in [0.05, 0.1) is 11.4 Å². The number of benzene rings is 2. The first-order valence-corrected chi connectivity index (χ1v) is 8.76. The molecule has 2 aliphatic carbocycles. The molecule has 3 N–H and O–H groups in total. The van der Waals surface area contributed by atoms with E-state index < -0.39 is 0 Å². The number of hydrogen-bond acceptors (Lipinski definition) is 4. The van der Waals surface area contributed by atoms with Crippen LogP contribution in [0.25, 0.3) is 0 Å². The summed E-state index contributed by atoms with van der Waals surface area (Å²) in [6.07, 6.45) is 4.26. The summed E-state index contributed by atoms with van der Waals surface area (Å²) in [7, 11) is 0. The van der Waals surface area contributed by atoms with Crippen LogP contribution < -0.4 is 20.5 Å². The molecular weight excluding hydrogens is 352 g/mol. The first kappa shape index (κ1) is 17.0. The van der Waals surface area contributed by atoms with Gasteiger partial charge in [-0.15, -0.1) is 12.4 Å². The van der Waals surface area contributed by atoms with Crippen molar-refractivity contribution in [2.75, 3.05) is 17.8 Å². The quantitative estimate of drug-likeness (QED) is 0.789. The van der Waals surface area contributed by atoms with Crippen LogP contribution in [0.3, 0.4) is 0 Å². The molecule has 1 amide bonds. The summed E-state index contributed by atoms with van der Waals surface area (Å²) in [6, 6.07) is 12.0. The Morgan fingerprint density at radius 1 is 1.19 bits per heavy atom. The molecule has 0 radical (unpaired) electrons. The summed E-state index contributed by atoms with van der Waals surface area (Å²) in [6.45, 7) is 0.189. The van der Waals surface area contributed by atoms with Gasteiger partial charge >= 0.3 is 0 Å². The van der Waals surface area contributed by atoms with Gasteiger partial charge in [-0.2, -0.15) is 0 Å². The number of anilines is 2. The number of fused-ring (bicyclic) bond motifs is 3. The summed E-state index contributed by atoms with van der Waals surface area (Å²) >= 11 is 0. The number of nitrogens with two attached hydrogens (primary N) is 1. The summed E-state index contributed by atoms with van der Waals surface area (Å²) in [4.78, 5) is 12.9. The van der Waals surface area contributed by atoms with E-state index >= 15 is 0 Å². The van der Waals surface area contributed by atoms with Crippen LogP contribution in [0.2, 0.25) is 0 Å². The van der Waals surface area contributed by atoms with Gasteiger partial charge in [-0.25, -0.2) is 0 Å². The van der Waals surface area contributed by atoms with Gasteiger partial charge in [-0.1, -0.05) is 24.3 Å². The molecule has 1 spiro atoms. The van der Waals surface area contributed by atoms with Gasteiger partial charge in [0.15, 0.2) is 11.5 Å². The first-order chi connectivity index (χ1) is 12.2. The molecule has 0 aromatic heterocycles. The van der Waals surface area contributed by atoms with Crippen molar-refractivity contribution < 1.29 is 14.3 Å². The van der Waals surface area contributed by atoms with Gasteiger partial charge in [0.2, 0.25) is 12.7 Å². The van der Waals surface area contributed by atoms with E-state index in [-0.39, 0.29) is 36.4 Å². The predicted octanol–water partition coefficient (Wildman–Crippen LogP) is 3.65. The van der Waals surface area contributed by atoms with E-state index in [2.05, 4.69) is 29.6 Å². The van der Waals surface area contributed by atoms with E-state index in [1.807, 2.05) is 0 Å². The van der Waals surface area contributed by atoms with Gasteiger partial charge < -0.3 is 20.5 Å². The van der Waals surface area contributed by atoms with Crippen LogP contribution in [0.4, 0.5) is 11.4 Å². The molecule has 1 saturated carbocycles. The highest BCUT2D eigenvalue weighted by Gasteiger charge is 2.60. The molecule has 2 unspecified atom stereocenters. The Kier molecular flexibility index (Phi) is 3.99. The van der Waals surface area contributed by atoms with Crippen LogP contribution >= 0.6 is 12.4 Å². The number of carbonyl (C=O) groups is 1. The molecule has 1 heterocycles. The maximum Gasteiger partial charge on any atom is 0.231 e. The summed E-state index contributed by atoms with van der Waals surface area (Å²) in [5, 5.41) is 3.00. The van der Waals surface area contributed by atoms with Crippen molar-refractivity contribution in [1.29, 1.82) is 0 Å². The van der Waals surface area contributed by atoms with Gasteiger partial charge in [0, 0.05) is 23.5 Å². The van der Waals surface area contributed by atoms with Crippen LogP contribution in [0, 0.1) is 5.92 Å². The van der Waals surface area contributed by atoms with Crippen LogP contribution in [0.5, 0.6) is 11.5 Å². The standard InChI is InChI=1S/C20H20N2O3.ClH/c21-15-8-17-18(25-11-24-17)9-16(15)22-19(23)14-10-20(14)7-3-5-12-4-1-2-6-13(12)20;/h1-2,4,6,8-9,14H,3,5,7,10-11,21H2,(H,22,23);1H. The number of halogens is 1. The number of nitrogen functional groups attached to an aromatic ring is 1. The summed E-state index contributed by atoms with van der Waals surface area (Å²) in [5.74, 6) is 1.30. The monoisotopic (exact) mass is 372 g/mol. The second kappa shape index (κ2) is 6.09.